The maximum atomic E-state index is 14.5. The van der Waals surface area contributed by atoms with E-state index in [9.17, 15) is 19.5 Å². The van der Waals surface area contributed by atoms with Gasteiger partial charge in [0.15, 0.2) is 0 Å². The fraction of sp³-hybridized carbons (Fsp3) is 0.516. The second-order valence-corrected chi connectivity index (χ2v) is 12.4. The Morgan fingerprint density at radius 1 is 1.00 bits per heavy atom. The van der Waals surface area contributed by atoms with Crippen LogP contribution in [0.5, 0.6) is 5.75 Å². The van der Waals surface area contributed by atoms with Crippen LogP contribution < -0.4 is 10.6 Å². The molecular weight excluding hydrogens is 494 g/mol. The molecule has 1 fully saturated rings. The van der Waals surface area contributed by atoms with Gasteiger partial charge in [0.1, 0.15) is 23.4 Å². The monoisotopic (exact) mass is 537 g/mol. The minimum absolute atomic E-state index is 0.0246. The van der Waals surface area contributed by atoms with Crippen molar-refractivity contribution in [3.63, 3.8) is 0 Å². The van der Waals surface area contributed by atoms with E-state index < -0.39 is 35.2 Å². The number of nitrogens with zero attached hydrogens (tertiary/aromatic N) is 1. The second kappa shape index (κ2) is 12.1. The van der Waals surface area contributed by atoms with Crippen LogP contribution in [0.25, 0.3) is 0 Å². The van der Waals surface area contributed by atoms with Gasteiger partial charge in [0.2, 0.25) is 11.8 Å². The fourth-order valence-electron chi connectivity index (χ4n) is 4.62. The summed E-state index contributed by atoms with van der Waals surface area (Å²) < 4.78 is 5.49. The molecule has 1 aliphatic carbocycles. The Balaban J connectivity index is 2.09. The van der Waals surface area contributed by atoms with Crippen molar-refractivity contribution < 1.29 is 24.2 Å². The molecule has 212 valence electrons. The molecule has 2 aromatic carbocycles. The maximum absolute atomic E-state index is 14.5. The molecule has 0 aliphatic heterocycles. The molecule has 3 amide bonds. The third-order valence-electron chi connectivity index (χ3n) is 6.58. The van der Waals surface area contributed by atoms with Gasteiger partial charge in [-0.05, 0) is 78.9 Å². The van der Waals surface area contributed by atoms with Gasteiger partial charge in [-0.15, -0.1) is 0 Å². The van der Waals surface area contributed by atoms with Crippen LogP contribution in [0.4, 0.5) is 4.79 Å². The van der Waals surface area contributed by atoms with Gasteiger partial charge < -0.3 is 25.4 Å². The molecule has 0 heterocycles. The maximum Gasteiger partial charge on any atom is 0.408 e. The number of amides is 3. The summed E-state index contributed by atoms with van der Waals surface area (Å²) in [5, 5.41) is 16.8. The largest absolute Gasteiger partial charge is 0.507 e. The first kappa shape index (κ1) is 30.0. The minimum Gasteiger partial charge on any atom is -0.507 e. The number of para-hydroxylation sites is 1. The van der Waals surface area contributed by atoms with Gasteiger partial charge in [-0.1, -0.05) is 48.5 Å². The van der Waals surface area contributed by atoms with E-state index in [1.165, 1.54) is 0 Å². The molecule has 0 bridgehead atoms. The molecule has 8 nitrogen and oxygen atoms in total. The van der Waals surface area contributed by atoms with Gasteiger partial charge in [0.05, 0.1) is 0 Å². The Bertz CT molecular complexity index is 1160. The van der Waals surface area contributed by atoms with Gasteiger partial charge in [-0.2, -0.15) is 0 Å². The molecule has 8 heteroatoms. The zero-order chi connectivity index (χ0) is 29.0. The number of ether oxygens (including phenoxy) is 1. The van der Waals surface area contributed by atoms with Gasteiger partial charge in [-0.25, -0.2) is 4.79 Å². The molecule has 0 radical (unpaired) electrons. The second-order valence-electron chi connectivity index (χ2n) is 12.4. The number of carbonyl (C=O) groups excluding carboxylic acids is 3. The molecule has 1 saturated carbocycles. The number of phenols is 1. The van der Waals surface area contributed by atoms with Crippen molar-refractivity contribution in [2.24, 2.45) is 0 Å². The summed E-state index contributed by atoms with van der Waals surface area (Å²) in [6.07, 6.45) is 1.88. The topological polar surface area (TPSA) is 108 Å². The minimum atomic E-state index is -1.08. The van der Waals surface area contributed by atoms with Crippen LogP contribution in [0.3, 0.4) is 0 Å². The van der Waals surface area contributed by atoms with Crippen molar-refractivity contribution in [1.82, 2.24) is 15.5 Å². The molecular formula is C31H43N3O5. The standard InChI is InChI=1S/C31H43N3O5/c1-20-13-11-18-23(26(20)35)25(27(36)33-30(2,3)4)34(22-16-12-17-22)28(37)24(19-21-14-9-8-10-15-21)32-29(38)39-31(5,6)7/h8-11,13-15,18,22,24-25,35H,12,16-17,19H2,1-7H3,(H,32,38)(H,33,36). The average Bonchev–Trinajstić information content (AvgIpc) is 2.77. The number of alkyl carbamates (subject to hydrolysis) is 1. The van der Waals surface area contributed by atoms with Crippen molar-refractivity contribution in [1.29, 1.82) is 0 Å². The fourth-order valence-corrected chi connectivity index (χ4v) is 4.62. The van der Waals surface area contributed by atoms with Crippen molar-refractivity contribution >= 4 is 17.9 Å². The normalized spacial score (nSPS) is 15.5. The number of aromatic hydroxyl groups is 1. The van der Waals surface area contributed by atoms with Crippen LogP contribution in [0.1, 0.15) is 83.5 Å². The highest BCUT2D eigenvalue weighted by Gasteiger charge is 2.43. The van der Waals surface area contributed by atoms with E-state index in [2.05, 4.69) is 10.6 Å². The molecule has 2 aromatic rings. The number of benzene rings is 2. The highest BCUT2D eigenvalue weighted by atomic mass is 16.6. The highest BCUT2D eigenvalue weighted by Crippen LogP contribution is 2.38. The molecule has 3 rings (SSSR count). The predicted octanol–water partition coefficient (Wildman–Crippen LogP) is 5.17. The summed E-state index contributed by atoms with van der Waals surface area (Å²) in [6, 6.07) is 12.3. The van der Waals surface area contributed by atoms with Gasteiger partial charge in [0.25, 0.3) is 0 Å². The number of nitrogens with one attached hydrogen (secondary N) is 2. The van der Waals surface area contributed by atoms with E-state index in [4.69, 9.17) is 4.74 Å². The predicted molar refractivity (Wildman–Crippen MR) is 151 cm³/mol. The number of carbonyl (C=O) groups is 3. The van der Waals surface area contributed by atoms with Crippen molar-refractivity contribution in [2.75, 3.05) is 0 Å². The molecule has 39 heavy (non-hydrogen) atoms. The van der Waals surface area contributed by atoms with E-state index in [1.54, 1.807) is 50.8 Å². The average molecular weight is 538 g/mol. The van der Waals surface area contributed by atoms with Crippen LogP contribution in [-0.2, 0) is 20.7 Å². The molecule has 2 unspecified atom stereocenters. The lowest BCUT2D eigenvalue weighted by Crippen LogP contribution is -2.59. The van der Waals surface area contributed by atoms with Crippen LogP contribution >= 0.6 is 0 Å². The number of rotatable bonds is 8. The van der Waals surface area contributed by atoms with Crippen LogP contribution in [0.15, 0.2) is 48.5 Å². The van der Waals surface area contributed by atoms with Crippen LogP contribution in [0.2, 0.25) is 0 Å². The lowest BCUT2D eigenvalue weighted by Gasteiger charge is -2.44. The third kappa shape index (κ3) is 8.22. The van der Waals surface area contributed by atoms with Crippen molar-refractivity contribution in [3.05, 3.63) is 65.2 Å². The smallest absolute Gasteiger partial charge is 0.408 e. The lowest BCUT2D eigenvalue weighted by molar-refractivity contribution is -0.148. The van der Waals surface area contributed by atoms with E-state index in [1.807, 2.05) is 51.1 Å². The molecule has 2 atom stereocenters. The number of hydrogen-bond donors (Lipinski definition) is 3. The van der Waals surface area contributed by atoms with E-state index in [0.717, 1.165) is 24.8 Å². The SMILES string of the molecule is Cc1cccc(C(C(=O)NC(C)(C)C)N(C(=O)C(Cc2ccccc2)NC(=O)OC(C)(C)C)C2CCC2)c1O. The summed E-state index contributed by atoms with van der Waals surface area (Å²) in [7, 11) is 0. The zero-order valence-corrected chi connectivity index (χ0v) is 24.2. The van der Waals surface area contributed by atoms with E-state index in [-0.39, 0.29) is 24.1 Å². The molecule has 1 aliphatic rings. The Hall–Kier alpha value is -3.55. The van der Waals surface area contributed by atoms with Gasteiger partial charge in [-0.3, -0.25) is 9.59 Å². The number of phenolic OH excluding ortho intramolecular Hbond substituents is 1. The highest BCUT2D eigenvalue weighted by molar-refractivity contribution is 5.93. The Morgan fingerprint density at radius 2 is 1.64 bits per heavy atom. The number of hydrogen-bond acceptors (Lipinski definition) is 5. The summed E-state index contributed by atoms with van der Waals surface area (Å²) in [4.78, 5) is 42.8. The Morgan fingerprint density at radius 3 is 2.18 bits per heavy atom. The third-order valence-corrected chi connectivity index (χ3v) is 6.58. The molecule has 0 spiro atoms. The first-order chi connectivity index (χ1) is 18.2. The molecule has 0 aromatic heterocycles. The van der Waals surface area contributed by atoms with Crippen molar-refractivity contribution in [3.8, 4) is 5.75 Å². The Kier molecular flexibility index (Phi) is 9.30. The zero-order valence-electron chi connectivity index (χ0n) is 24.2. The quantitative estimate of drug-likeness (QED) is 0.430. The molecule has 0 saturated heterocycles. The van der Waals surface area contributed by atoms with Gasteiger partial charge in [0, 0.05) is 23.6 Å². The lowest BCUT2D eigenvalue weighted by atomic mass is 9.87. The van der Waals surface area contributed by atoms with Crippen LogP contribution in [0, 0.1) is 6.92 Å². The number of aryl methyl sites for hydroxylation is 1. The summed E-state index contributed by atoms with van der Waals surface area (Å²) in [5.74, 6) is -0.813. The van der Waals surface area contributed by atoms with Crippen LogP contribution in [-0.4, -0.2) is 51.1 Å². The summed E-state index contributed by atoms with van der Waals surface area (Å²) >= 11 is 0. The van der Waals surface area contributed by atoms with E-state index >= 15 is 0 Å². The summed E-state index contributed by atoms with van der Waals surface area (Å²) in [6.45, 7) is 12.6. The first-order valence-electron chi connectivity index (χ1n) is 13.6. The van der Waals surface area contributed by atoms with Crippen molar-refractivity contribution in [2.45, 2.75) is 103 Å². The van der Waals surface area contributed by atoms with E-state index in [0.29, 0.717) is 11.1 Å². The first-order valence-corrected chi connectivity index (χ1v) is 13.6. The Labute approximate surface area is 232 Å². The van der Waals surface area contributed by atoms with Gasteiger partial charge >= 0.3 is 6.09 Å². The molecule has 3 N–H and O–H groups in total. The summed E-state index contributed by atoms with van der Waals surface area (Å²) in [5.41, 5.74) is 0.499.